The lowest BCUT2D eigenvalue weighted by Gasteiger charge is -2.11. The molecule has 3 rings (SSSR count). The number of anilines is 2. The fraction of sp³-hybridized carbons (Fsp3) is 0.188. The number of amides is 2. The van der Waals surface area contributed by atoms with Crippen LogP contribution in [0.1, 0.15) is 6.42 Å². The maximum atomic E-state index is 11.9. The summed E-state index contributed by atoms with van der Waals surface area (Å²) < 4.78 is 11.1. The van der Waals surface area contributed by atoms with Crippen LogP contribution < -0.4 is 20.1 Å². The normalized spacial score (nSPS) is 13.1. The summed E-state index contributed by atoms with van der Waals surface area (Å²) in [6.07, 6.45) is 0.853. The number of fused-ring (bicyclic) bond motifs is 1. The molecule has 2 N–H and O–H groups in total. The number of para-hydroxylation sites is 1. The van der Waals surface area contributed by atoms with Crippen molar-refractivity contribution in [3.05, 3.63) is 48.5 Å². The molecule has 0 atom stereocenters. The van der Waals surface area contributed by atoms with Gasteiger partial charge < -0.3 is 20.1 Å². The summed E-state index contributed by atoms with van der Waals surface area (Å²) in [5, 5.41) is 5.54. The highest BCUT2D eigenvalue weighted by atomic mass is 16.5. The van der Waals surface area contributed by atoms with Crippen molar-refractivity contribution in [2.45, 2.75) is 6.42 Å². The first kappa shape index (κ1) is 13.3. The molecule has 0 fully saturated rings. The predicted molar refractivity (Wildman–Crippen MR) is 81.1 cm³/mol. The quantitative estimate of drug-likeness (QED) is 0.887. The molecule has 0 unspecified atom stereocenters. The Morgan fingerprint density at radius 1 is 0.857 bits per heavy atom. The zero-order chi connectivity index (χ0) is 14.5. The molecule has 0 saturated heterocycles. The van der Waals surface area contributed by atoms with Crippen LogP contribution in [-0.2, 0) is 0 Å². The number of nitrogens with one attached hydrogen (secondary N) is 2. The number of rotatable bonds is 2. The van der Waals surface area contributed by atoms with Gasteiger partial charge in [0.05, 0.1) is 13.2 Å². The summed E-state index contributed by atoms with van der Waals surface area (Å²) in [6, 6.07) is 14.3. The highest BCUT2D eigenvalue weighted by molar-refractivity contribution is 5.99. The van der Waals surface area contributed by atoms with E-state index in [1.54, 1.807) is 18.2 Å². The first-order chi connectivity index (χ1) is 10.3. The van der Waals surface area contributed by atoms with E-state index in [1.165, 1.54) is 0 Å². The van der Waals surface area contributed by atoms with Gasteiger partial charge in [-0.3, -0.25) is 0 Å². The lowest BCUT2D eigenvalue weighted by Crippen LogP contribution is -2.19. The zero-order valence-corrected chi connectivity index (χ0v) is 11.5. The molecule has 21 heavy (non-hydrogen) atoms. The molecule has 2 amide bonds. The zero-order valence-electron chi connectivity index (χ0n) is 11.5. The lowest BCUT2D eigenvalue weighted by atomic mass is 10.2. The van der Waals surface area contributed by atoms with Crippen molar-refractivity contribution in [3.8, 4) is 11.5 Å². The van der Waals surface area contributed by atoms with E-state index in [0.29, 0.717) is 30.4 Å². The molecule has 5 nitrogen and oxygen atoms in total. The van der Waals surface area contributed by atoms with Crippen LogP contribution in [0.3, 0.4) is 0 Å². The van der Waals surface area contributed by atoms with Gasteiger partial charge in [0.15, 0.2) is 11.5 Å². The average molecular weight is 284 g/mol. The summed E-state index contributed by atoms with van der Waals surface area (Å²) in [4.78, 5) is 11.9. The van der Waals surface area contributed by atoms with E-state index in [1.807, 2.05) is 30.3 Å². The number of carbonyl (C=O) groups is 1. The second kappa shape index (κ2) is 6.17. The molecule has 0 saturated carbocycles. The molecular formula is C16H16N2O3. The Kier molecular flexibility index (Phi) is 3.91. The standard InChI is InChI=1S/C16H16N2O3/c19-16(17-12-5-2-1-3-6-12)18-13-7-8-14-15(11-13)21-10-4-9-20-14/h1-3,5-8,11H,4,9-10H2,(H2,17,18,19). The topological polar surface area (TPSA) is 59.6 Å². The minimum absolute atomic E-state index is 0.296. The monoisotopic (exact) mass is 284 g/mol. The van der Waals surface area contributed by atoms with Crippen LogP contribution in [0.25, 0.3) is 0 Å². The van der Waals surface area contributed by atoms with Crippen LogP contribution in [0.15, 0.2) is 48.5 Å². The van der Waals surface area contributed by atoms with Gasteiger partial charge in [0.1, 0.15) is 0 Å². The fourth-order valence-corrected chi connectivity index (χ4v) is 2.06. The van der Waals surface area contributed by atoms with Gasteiger partial charge in [-0.05, 0) is 24.3 Å². The average Bonchev–Trinajstić information content (AvgIpc) is 2.73. The molecule has 0 radical (unpaired) electrons. The van der Waals surface area contributed by atoms with Crippen molar-refractivity contribution in [1.29, 1.82) is 0 Å². The van der Waals surface area contributed by atoms with Crippen LogP contribution in [0.2, 0.25) is 0 Å². The second-order valence-corrected chi connectivity index (χ2v) is 4.66. The third-order valence-electron chi connectivity index (χ3n) is 3.04. The fourth-order valence-electron chi connectivity index (χ4n) is 2.06. The van der Waals surface area contributed by atoms with Crippen molar-refractivity contribution in [2.24, 2.45) is 0 Å². The third-order valence-corrected chi connectivity index (χ3v) is 3.04. The van der Waals surface area contributed by atoms with Gasteiger partial charge in [0.25, 0.3) is 0 Å². The third kappa shape index (κ3) is 3.45. The summed E-state index contributed by atoms with van der Waals surface area (Å²) in [7, 11) is 0. The van der Waals surface area contributed by atoms with Gasteiger partial charge >= 0.3 is 6.03 Å². The Morgan fingerprint density at radius 2 is 1.57 bits per heavy atom. The molecular weight excluding hydrogens is 268 g/mol. The predicted octanol–water partition coefficient (Wildman–Crippen LogP) is 3.49. The Bertz CT molecular complexity index is 629. The minimum Gasteiger partial charge on any atom is -0.490 e. The van der Waals surface area contributed by atoms with Crippen molar-refractivity contribution in [3.63, 3.8) is 0 Å². The van der Waals surface area contributed by atoms with Crippen molar-refractivity contribution >= 4 is 17.4 Å². The Morgan fingerprint density at radius 3 is 2.38 bits per heavy atom. The van der Waals surface area contributed by atoms with Crippen molar-refractivity contribution in [1.82, 2.24) is 0 Å². The van der Waals surface area contributed by atoms with Gasteiger partial charge in [0, 0.05) is 23.9 Å². The van der Waals surface area contributed by atoms with Crippen LogP contribution in [0.4, 0.5) is 16.2 Å². The van der Waals surface area contributed by atoms with Crippen molar-refractivity contribution in [2.75, 3.05) is 23.8 Å². The second-order valence-electron chi connectivity index (χ2n) is 4.66. The van der Waals surface area contributed by atoms with Gasteiger partial charge in [-0.25, -0.2) is 4.79 Å². The molecule has 2 aromatic carbocycles. The van der Waals surface area contributed by atoms with Gasteiger partial charge in [-0.15, -0.1) is 0 Å². The first-order valence-electron chi connectivity index (χ1n) is 6.84. The molecule has 1 heterocycles. The van der Waals surface area contributed by atoms with E-state index in [2.05, 4.69) is 10.6 Å². The van der Waals surface area contributed by atoms with Crippen LogP contribution >= 0.6 is 0 Å². The largest absolute Gasteiger partial charge is 0.490 e. The molecule has 0 spiro atoms. The molecule has 0 aromatic heterocycles. The molecule has 5 heteroatoms. The van der Waals surface area contributed by atoms with E-state index in [9.17, 15) is 4.79 Å². The van der Waals surface area contributed by atoms with E-state index in [-0.39, 0.29) is 6.03 Å². The highest BCUT2D eigenvalue weighted by Gasteiger charge is 2.11. The minimum atomic E-state index is -0.296. The van der Waals surface area contributed by atoms with E-state index < -0.39 is 0 Å². The van der Waals surface area contributed by atoms with Crippen LogP contribution in [0.5, 0.6) is 11.5 Å². The van der Waals surface area contributed by atoms with E-state index in [4.69, 9.17) is 9.47 Å². The maximum Gasteiger partial charge on any atom is 0.323 e. The molecule has 1 aliphatic rings. The first-order valence-corrected chi connectivity index (χ1v) is 6.84. The Hall–Kier alpha value is -2.69. The van der Waals surface area contributed by atoms with Gasteiger partial charge in [-0.1, -0.05) is 18.2 Å². The van der Waals surface area contributed by atoms with Crippen molar-refractivity contribution < 1.29 is 14.3 Å². The van der Waals surface area contributed by atoms with E-state index in [0.717, 1.165) is 12.1 Å². The lowest BCUT2D eigenvalue weighted by molar-refractivity contribution is 0.262. The maximum absolute atomic E-state index is 11.9. The number of hydrogen-bond donors (Lipinski definition) is 2. The number of urea groups is 1. The number of carbonyl (C=O) groups excluding carboxylic acids is 1. The molecule has 0 bridgehead atoms. The summed E-state index contributed by atoms with van der Waals surface area (Å²) in [5.74, 6) is 1.37. The smallest absolute Gasteiger partial charge is 0.323 e. The van der Waals surface area contributed by atoms with Gasteiger partial charge in [-0.2, -0.15) is 0 Å². The molecule has 1 aliphatic heterocycles. The number of hydrogen-bond acceptors (Lipinski definition) is 3. The highest BCUT2D eigenvalue weighted by Crippen LogP contribution is 2.32. The van der Waals surface area contributed by atoms with Crippen LogP contribution in [0, 0.1) is 0 Å². The SMILES string of the molecule is O=C(Nc1ccccc1)Nc1ccc2c(c1)OCCCO2. The molecule has 2 aromatic rings. The van der Waals surface area contributed by atoms with Crippen LogP contribution in [-0.4, -0.2) is 19.2 Å². The Balaban J connectivity index is 1.67. The number of ether oxygens (including phenoxy) is 2. The summed E-state index contributed by atoms with van der Waals surface area (Å²) in [6.45, 7) is 1.26. The molecule has 108 valence electrons. The van der Waals surface area contributed by atoms with E-state index >= 15 is 0 Å². The number of benzene rings is 2. The summed E-state index contributed by atoms with van der Waals surface area (Å²) in [5.41, 5.74) is 1.40. The Labute approximate surface area is 122 Å². The van der Waals surface area contributed by atoms with Gasteiger partial charge in [0.2, 0.25) is 0 Å². The molecule has 0 aliphatic carbocycles. The summed E-state index contributed by atoms with van der Waals surface area (Å²) >= 11 is 0.